The predicted octanol–water partition coefficient (Wildman–Crippen LogP) is 4.62. The minimum absolute atomic E-state index is 0.117. The van der Waals surface area contributed by atoms with E-state index >= 15 is 0 Å². The van der Waals surface area contributed by atoms with Crippen LogP contribution in [-0.4, -0.2) is 30.3 Å². The van der Waals surface area contributed by atoms with Gasteiger partial charge < -0.3 is 10.6 Å². The van der Waals surface area contributed by atoms with Crippen LogP contribution in [0, 0.1) is 6.92 Å². The van der Waals surface area contributed by atoms with E-state index in [9.17, 15) is 14.4 Å². The van der Waals surface area contributed by atoms with Crippen LogP contribution in [0.1, 0.15) is 52.5 Å². The monoisotopic (exact) mass is 475 g/mol. The molecule has 0 aliphatic heterocycles. The summed E-state index contributed by atoms with van der Waals surface area (Å²) in [4.78, 5) is 41.7. The number of carbonyl (C=O) groups is 3. The van der Waals surface area contributed by atoms with Crippen LogP contribution in [0.25, 0.3) is 0 Å². The summed E-state index contributed by atoms with van der Waals surface area (Å²) in [5, 5.41) is 7.69. The molecule has 1 fully saturated rings. The van der Waals surface area contributed by atoms with Gasteiger partial charge in [0, 0.05) is 11.7 Å². The van der Waals surface area contributed by atoms with E-state index in [0.29, 0.717) is 10.6 Å². The summed E-state index contributed by atoms with van der Waals surface area (Å²) in [5.41, 5.74) is 2.40. The Kier molecular flexibility index (Phi) is 7.75. The van der Waals surface area contributed by atoms with Crippen molar-refractivity contribution >= 4 is 34.7 Å². The van der Waals surface area contributed by atoms with Crippen molar-refractivity contribution in [2.75, 3.05) is 11.4 Å². The van der Waals surface area contributed by atoms with Crippen LogP contribution in [0.5, 0.6) is 0 Å². The molecule has 0 saturated heterocycles. The molecule has 1 saturated carbocycles. The largest absolute Gasteiger partial charge is 0.351 e. The zero-order chi connectivity index (χ0) is 23.9. The van der Waals surface area contributed by atoms with Gasteiger partial charge in [0.1, 0.15) is 6.04 Å². The Hall–Kier alpha value is -3.45. The molecule has 0 unspecified atom stereocenters. The number of carbonyl (C=O) groups excluding carboxylic acids is 3. The lowest BCUT2D eigenvalue weighted by Crippen LogP contribution is -2.49. The van der Waals surface area contributed by atoms with Crippen LogP contribution in [0.2, 0.25) is 0 Å². The molecule has 1 atom stereocenters. The summed E-state index contributed by atoms with van der Waals surface area (Å²) in [5.74, 6) is -0.876. The lowest BCUT2D eigenvalue weighted by atomic mass is 10.0. The van der Waals surface area contributed by atoms with Crippen molar-refractivity contribution < 1.29 is 14.4 Å². The SMILES string of the molecule is Cc1ccc([C@@H](C(=O)NC2CCCC2)N(C(=O)CNC(=O)c2cccs2)c2ccccc2)cc1. The second kappa shape index (κ2) is 11.1. The fourth-order valence-electron chi connectivity index (χ4n) is 4.28. The van der Waals surface area contributed by atoms with Crippen LogP contribution in [0.3, 0.4) is 0 Å². The highest BCUT2D eigenvalue weighted by atomic mass is 32.1. The zero-order valence-corrected chi connectivity index (χ0v) is 20.0. The maximum Gasteiger partial charge on any atom is 0.261 e. The molecule has 2 N–H and O–H groups in total. The van der Waals surface area contributed by atoms with Gasteiger partial charge in [0.2, 0.25) is 11.8 Å². The number of nitrogens with one attached hydrogen (secondary N) is 2. The van der Waals surface area contributed by atoms with Crippen molar-refractivity contribution in [1.29, 1.82) is 0 Å². The first kappa shape index (κ1) is 23.7. The Bertz CT molecular complexity index is 1110. The highest BCUT2D eigenvalue weighted by Gasteiger charge is 2.34. The third kappa shape index (κ3) is 5.72. The molecule has 1 aliphatic carbocycles. The molecule has 3 amide bonds. The van der Waals surface area contributed by atoms with Gasteiger partial charge in [-0.2, -0.15) is 0 Å². The third-order valence-electron chi connectivity index (χ3n) is 6.05. The van der Waals surface area contributed by atoms with Crippen LogP contribution in [0.4, 0.5) is 5.69 Å². The molecular formula is C27H29N3O3S. The highest BCUT2D eigenvalue weighted by molar-refractivity contribution is 7.12. The van der Waals surface area contributed by atoms with Crippen molar-refractivity contribution in [2.45, 2.75) is 44.7 Å². The Morgan fingerprint density at radius 1 is 0.971 bits per heavy atom. The van der Waals surface area contributed by atoms with Gasteiger partial charge >= 0.3 is 0 Å². The topological polar surface area (TPSA) is 78.5 Å². The van der Waals surface area contributed by atoms with Crippen molar-refractivity contribution in [3.63, 3.8) is 0 Å². The number of hydrogen-bond acceptors (Lipinski definition) is 4. The number of para-hydroxylation sites is 1. The number of nitrogens with zero attached hydrogens (tertiary/aromatic N) is 1. The minimum Gasteiger partial charge on any atom is -0.351 e. The van der Waals surface area contributed by atoms with Crippen LogP contribution in [0.15, 0.2) is 72.1 Å². The Balaban J connectivity index is 1.65. The number of anilines is 1. The summed E-state index contributed by atoms with van der Waals surface area (Å²) in [7, 11) is 0. The average Bonchev–Trinajstić information content (AvgIpc) is 3.57. The molecule has 1 aliphatic rings. The van der Waals surface area contributed by atoms with E-state index < -0.39 is 6.04 Å². The summed E-state index contributed by atoms with van der Waals surface area (Å²) in [6, 6.07) is 19.6. The van der Waals surface area contributed by atoms with Gasteiger partial charge in [0.15, 0.2) is 0 Å². The van der Waals surface area contributed by atoms with E-state index in [1.807, 2.05) is 66.9 Å². The van der Waals surface area contributed by atoms with Gasteiger partial charge in [0.25, 0.3) is 5.91 Å². The Morgan fingerprint density at radius 2 is 1.68 bits per heavy atom. The van der Waals surface area contributed by atoms with Gasteiger partial charge in [-0.05, 0) is 48.9 Å². The number of benzene rings is 2. The lowest BCUT2D eigenvalue weighted by molar-refractivity contribution is -0.126. The number of amides is 3. The lowest BCUT2D eigenvalue weighted by Gasteiger charge is -2.32. The van der Waals surface area contributed by atoms with Gasteiger partial charge in [-0.15, -0.1) is 11.3 Å². The van der Waals surface area contributed by atoms with Crippen molar-refractivity contribution in [3.05, 3.63) is 88.1 Å². The number of aryl methyl sites for hydroxylation is 1. The van der Waals surface area contributed by atoms with Gasteiger partial charge in [-0.1, -0.05) is 66.9 Å². The second-order valence-corrected chi connectivity index (χ2v) is 9.51. The number of hydrogen-bond donors (Lipinski definition) is 2. The summed E-state index contributed by atoms with van der Waals surface area (Å²) in [6.07, 6.45) is 4.08. The quantitative estimate of drug-likeness (QED) is 0.499. The molecule has 6 nitrogen and oxygen atoms in total. The third-order valence-corrected chi connectivity index (χ3v) is 6.92. The molecule has 0 bridgehead atoms. The molecule has 7 heteroatoms. The Labute approximate surface area is 204 Å². The molecule has 3 aromatic rings. The summed E-state index contributed by atoms with van der Waals surface area (Å²) in [6.45, 7) is 1.77. The summed E-state index contributed by atoms with van der Waals surface area (Å²) >= 11 is 1.31. The van der Waals surface area contributed by atoms with Crippen molar-refractivity contribution in [2.24, 2.45) is 0 Å². The molecule has 4 rings (SSSR count). The molecule has 0 spiro atoms. The molecule has 1 heterocycles. The average molecular weight is 476 g/mol. The Morgan fingerprint density at radius 3 is 2.32 bits per heavy atom. The van der Waals surface area contributed by atoms with E-state index in [-0.39, 0.29) is 30.3 Å². The maximum absolute atomic E-state index is 13.6. The van der Waals surface area contributed by atoms with E-state index in [1.165, 1.54) is 16.2 Å². The van der Waals surface area contributed by atoms with Crippen LogP contribution in [-0.2, 0) is 9.59 Å². The van der Waals surface area contributed by atoms with E-state index in [2.05, 4.69) is 10.6 Å². The predicted molar refractivity (Wildman–Crippen MR) is 135 cm³/mol. The van der Waals surface area contributed by atoms with Gasteiger partial charge in [0.05, 0.1) is 11.4 Å². The molecule has 176 valence electrons. The van der Waals surface area contributed by atoms with E-state index in [0.717, 1.165) is 36.8 Å². The molecule has 1 aromatic heterocycles. The number of rotatable bonds is 8. The first-order valence-electron chi connectivity index (χ1n) is 11.6. The van der Waals surface area contributed by atoms with Gasteiger partial charge in [-0.25, -0.2) is 0 Å². The van der Waals surface area contributed by atoms with Gasteiger partial charge in [-0.3, -0.25) is 19.3 Å². The maximum atomic E-state index is 13.6. The smallest absolute Gasteiger partial charge is 0.261 e. The number of thiophene rings is 1. The van der Waals surface area contributed by atoms with Crippen molar-refractivity contribution in [1.82, 2.24) is 10.6 Å². The molecule has 2 aromatic carbocycles. The highest BCUT2D eigenvalue weighted by Crippen LogP contribution is 2.29. The minimum atomic E-state index is -0.852. The van der Waals surface area contributed by atoms with Crippen LogP contribution >= 0.6 is 11.3 Å². The first-order chi connectivity index (χ1) is 16.5. The first-order valence-corrected chi connectivity index (χ1v) is 12.5. The zero-order valence-electron chi connectivity index (χ0n) is 19.2. The standard InChI is InChI=1S/C27H29N3O3S/c1-19-13-15-20(16-14-19)25(27(33)29-21-8-5-6-9-21)30(22-10-3-2-4-11-22)24(31)18-28-26(32)23-12-7-17-34-23/h2-4,7,10-17,21,25H,5-6,8-9,18H2,1H3,(H,28,32)(H,29,33)/t25-/m0/s1. The second-order valence-electron chi connectivity index (χ2n) is 8.56. The van der Waals surface area contributed by atoms with E-state index in [1.54, 1.807) is 12.1 Å². The van der Waals surface area contributed by atoms with Crippen molar-refractivity contribution in [3.8, 4) is 0 Å². The molecular weight excluding hydrogens is 446 g/mol. The fraction of sp³-hybridized carbons (Fsp3) is 0.296. The summed E-state index contributed by atoms with van der Waals surface area (Å²) < 4.78 is 0. The van der Waals surface area contributed by atoms with E-state index in [4.69, 9.17) is 0 Å². The normalized spacial score (nSPS) is 14.4. The fourth-order valence-corrected chi connectivity index (χ4v) is 4.92. The van der Waals surface area contributed by atoms with Crippen LogP contribution < -0.4 is 15.5 Å². The molecule has 34 heavy (non-hydrogen) atoms. The molecule has 0 radical (unpaired) electrons.